The van der Waals surface area contributed by atoms with Crippen LogP contribution in [0.15, 0.2) is 12.1 Å². The fourth-order valence-corrected chi connectivity index (χ4v) is 2.92. The molecule has 0 fully saturated rings. The number of rotatable bonds is 6. The van der Waals surface area contributed by atoms with Crippen LogP contribution in [-0.2, 0) is 0 Å². The molecule has 114 valence electrons. The van der Waals surface area contributed by atoms with Gasteiger partial charge in [-0.05, 0) is 31.5 Å². The van der Waals surface area contributed by atoms with Crippen molar-refractivity contribution in [2.45, 2.75) is 32.7 Å². The van der Waals surface area contributed by atoms with Crippen molar-refractivity contribution in [3.8, 4) is 10.6 Å². The van der Waals surface area contributed by atoms with E-state index < -0.39 is 17.5 Å². The number of aromatic nitrogens is 2. The quantitative estimate of drug-likeness (QED) is 0.817. The summed E-state index contributed by atoms with van der Waals surface area (Å²) in [5.41, 5.74) is -0.0667. The van der Waals surface area contributed by atoms with E-state index >= 15 is 0 Å². The van der Waals surface area contributed by atoms with Crippen LogP contribution in [0.5, 0.6) is 0 Å². The third-order valence-corrected chi connectivity index (χ3v) is 4.12. The Balaban J connectivity index is 2.29. The molecule has 1 heterocycles. The van der Waals surface area contributed by atoms with Gasteiger partial charge >= 0.3 is 0 Å². The number of nitrogens with one attached hydrogen (secondary N) is 1. The lowest BCUT2D eigenvalue weighted by molar-refractivity contribution is 0.449. The first-order valence-electron chi connectivity index (χ1n) is 6.79. The molecule has 2 rings (SSSR count). The molecule has 0 spiro atoms. The highest BCUT2D eigenvalue weighted by Gasteiger charge is 2.20. The van der Waals surface area contributed by atoms with Crippen molar-refractivity contribution in [1.29, 1.82) is 0 Å². The van der Waals surface area contributed by atoms with Crippen molar-refractivity contribution < 1.29 is 13.2 Å². The molecular formula is C14H16F3N3S. The van der Waals surface area contributed by atoms with Gasteiger partial charge in [0, 0.05) is 0 Å². The largest absolute Gasteiger partial charge is 0.308 e. The Hall–Kier alpha value is -1.47. The molecule has 3 nitrogen and oxygen atoms in total. The molecule has 0 bridgehead atoms. The van der Waals surface area contributed by atoms with Gasteiger partial charge in [0.25, 0.3) is 0 Å². The molecule has 7 heteroatoms. The molecule has 1 atom stereocenters. The van der Waals surface area contributed by atoms with Crippen molar-refractivity contribution in [2.75, 3.05) is 6.54 Å². The van der Waals surface area contributed by atoms with Gasteiger partial charge < -0.3 is 5.32 Å². The maximum atomic E-state index is 13.8. The number of hydrogen-bond donors (Lipinski definition) is 1. The van der Waals surface area contributed by atoms with Gasteiger partial charge in [-0.25, -0.2) is 13.2 Å². The Kier molecular flexibility index (Phi) is 5.30. The first kappa shape index (κ1) is 15.9. The van der Waals surface area contributed by atoms with Gasteiger partial charge in [-0.3, -0.25) is 0 Å². The van der Waals surface area contributed by atoms with E-state index in [-0.39, 0.29) is 16.6 Å². The Morgan fingerprint density at radius 3 is 2.57 bits per heavy atom. The maximum absolute atomic E-state index is 13.8. The number of hydrogen-bond acceptors (Lipinski definition) is 4. The number of benzene rings is 1. The molecule has 1 aromatic heterocycles. The fourth-order valence-electron chi connectivity index (χ4n) is 1.90. The second-order valence-electron chi connectivity index (χ2n) is 4.58. The van der Waals surface area contributed by atoms with E-state index in [9.17, 15) is 13.2 Å². The highest BCUT2D eigenvalue weighted by atomic mass is 32.1. The highest BCUT2D eigenvalue weighted by Crippen LogP contribution is 2.31. The molecule has 0 amide bonds. The lowest BCUT2D eigenvalue weighted by Crippen LogP contribution is -2.21. The number of halogens is 3. The summed E-state index contributed by atoms with van der Waals surface area (Å²) in [4.78, 5) is 0. The topological polar surface area (TPSA) is 37.8 Å². The van der Waals surface area contributed by atoms with Gasteiger partial charge in [0.2, 0.25) is 0 Å². The molecular weight excluding hydrogens is 299 g/mol. The second-order valence-corrected chi connectivity index (χ2v) is 5.59. The van der Waals surface area contributed by atoms with Crippen LogP contribution in [0.4, 0.5) is 13.2 Å². The predicted molar refractivity (Wildman–Crippen MR) is 76.5 cm³/mol. The average Bonchev–Trinajstić information content (AvgIpc) is 2.95. The predicted octanol–water partition coefficient (Wildman–Crippen LogP) is 4.07. The lowest BCUT2D eigenvalue weighted by atomic mass is 10.2. The summed E-state index contributed by atoms with van der Waals surface area (Å²) in [5, 5.41) is 12.2. The van der Waals surface area contributed by atoms with Crippen molar-refractivity contribution in [3.63, 3.8) is 0 Å². The van der Waals surface area contributed by atoms with Gasteiger partial charge in [0.05, 0.1) is 11.6 Å². The Morgan fingerprint density at radius 2 is 1.90 bits per heavy atom. The van der Waals surface area contributed by atoms with Crippen molar-refractivity contribution in [2.24, 2.45) is 0 Å². The summed E-state index contributed by atoms with van der Waals surface area (Å²) >= 11 is 1.18. The van der Waals surface area contributed by atoms with Gasteiger partial charge in [-0.15, -0.1) is 10.2 Å². The second kappa shape index (κ2) is 7.00. The van der Waals surface area contributed by atoms with E-state index in [0.29, 0.717) is 5.01 Å². The maximum Gasteiger partial charge on any atom is 0.195 e. The normalized spacial score (nSPS) is 12.6. The molecule has 1 aromatic carbocycles. The van der Waals surface area contributed by atoms with Crippen molar-refractivity contribution in [3.05, 3.63) is 34.6 Å². The summed E-state index contributed by atoms with van der Waals surface area (Å²) in [6.45, 7) is 4.90. The molecule has 1 unspecified atom stereocenters. The van der Waals surface area contributed by atoms with Crippen molar-refractivity contribution in [1.82, 2.24) is 15.5 Å². The SMILES string of the molecule is CCCNC(CC)c1nnc(-c2ccc(F)c(F)c2F)s1. The molecule has 2 aromatic rings. The van der Waals surface area contributed by atoms with Crippen LogP contribution < -0.4 is 5.32 Å². The Bertz CT molecular complexity index is 616. The van der Waals surface area contributed by atoms with E-state index in [1.807, 2.05) is 6.92 Å². The smallest absolute Gasteiger partial charge is 0.195 e. The molecule has 21 heavy (non-hydrogen) atoms. The van der Waals surface area contributed by atoms with Crippen LogP contribution in [-0.4, -0.2) is 16.7 Å². The van der Waals surface area contributed by atoms with Crippen LogP contribution >= 0.6 is 11.3 Å². The van der Waals surface area contributed by atoms with Gasteiger partial charge in [-0.1, -0.05) is 25.2 Å². The van der Waals surface area contributed by atoms with Crippen LogP contribution in [0.1, 0.15) is 37.7 Å². The minimum Gasteiger partial charge on any atom is -0.308 e. The van der Waals surface area contributed by atoms with Crippen LogP contribution in [0.25, 0.3) is 10.6 Å². The molecule has 0 saturated heterocycles. The first-order chi connectivity index (χ1) is 10.1. The molecule has 0 saturated carbocycles. The van der Waals surface area contributed by atoms with E-state index in [1.54, 1.807) is 0 Å². The Labute approximate surface area is 125 Å². The van der Waals surface area contributed by atoms with E-state index in [1.165, 1.54) is 17.4 Å². The summed E-state index contributed by atoms with van der Waals surface area (Å²) < 4.78 is 40.0. The van der Waals surface area contributed by atoms with Crippen LogP contribution in [0.3, 0.4) is 0 Å². The lowest BCUT2D eigenvalue weighted by Gasteiger charge is -2.12. The van der Waals surface area contributed by atoms with Crippen LogP contribution in [0.2, 0.25) is 0 Å². The fraction of sp³-hybridized carbons (Fsp3) is 0.429. The average molecular weight is 315 g/mol. The summed E-state index contributed by atoms with van der Waals surface area (Å²) in [6, 6.07) is 2.10. The highest BCUT2D eigenvalue weighted by molar-refractivity contribution is 7.14. The van der Waals surface area contributed by atoms with E-state index in [4.69, 9.17) is 0 Å². The molecule has 0 aliphatic rings. The zero-order valence-electron chi connectivity index (χ0n) is 11.8. The van der Waals surface area contributed by atoms with Crippen molar-refractivity contribution >= 4 is 11.3 Å². The molecule has 0 aliphatic carbocycles. The third-order valence-electron chi connectivity index (χ3n) is 3.05. The van der Waals surface area contributed by atoms with E-state index in [0.717, 1.165) is 25.5 Å². The minimum atomic E-state index is -1.49. The van der Waals surface area contributed by atoms with Gasteiger partial charge in [0.15, 0.2) is 22.5 Å². The summed E-state index contributed by atoms with van der Waals surface area (Å²) in [5.74, 6) is -3.93. The molecule has 0 radical (unpaired) electrons. The zero-order valence-corrected chi connectivity index (χ0v) is 12.6. The molecule has 0 aliphatic heterocycles. The first-order valence-corrected chi connectivity index (χ1v) is 7.60. The Morgan fingerprint density at radius 1 is 1.14 bits per heavy atom. The van der Waals surface area contributed by atoms with Gasteiger partial charge in [-0.2, -0.15) is 0 Å². The van der Waals surface area contributed by atoms with E-state index in [2.05, 4.69) is 22.4 Å². The van der Waals surface area contributed by atoms with Crippen LogP contribution in [0, 0.1) is 17.5 Å². The minimum absolute atomic E-state index is 0.0320. The molecule has 1 N–H and O–H groups in total. The number of nitrogens with zero attached hydrogens (tertiary/aromatic N) is 2. The van der Waals surface area contributed by atoms with Gasteiger partial charge in [0.1, 0.15) is 5.01 Å². The zero-order chi connectivity index (χ0) is 15.4. The standard InChI is InChI=1S/C14H16F3N3S/c1-3-7-18-10(4-2)14-20-19-13(21-14)8-5-6-9(15)12(17)11(8)16/h5-6,10,18H,3-4,7H2,1-2H3. The summed E-state index contributed by atoms with van der Waals surface area (Å²) in [7, 11) is 0. The summed E-state index contributed by atoms with van der Waals surface area (Å²) in [6.07, 6.45) is 1.80. The monoisotopic (exact) mass is 315 g/mol. The third kappa shape index (κ3) is 3.41.